The molecule has 4 heteroatoms. The van der Waals surface area contributed by atoms with E-state index in [1.54, 1.807) is 0 Å². The van der Waals surface area contributed by atoms with Crippen LogP contribution in [-0.4, -0.2) is 36.8 Å². The van der Waals surface area contributed by atoms with Gasteiger partial charge < -0.3 is 14.8 Å². The Morgan fingerprint density at radius 2 is 1.78 bits per heavy atom. The standard InChI is InChI=1S/C23H30N2O2/c1-23(2)14-21-13-18(7-8-22(21)27-23)15-24-16-19-5-3-4-6-20(19)17-25-9-11-26-12-10-25/h3-8,13,24H,9-12,14-17H2,1-2H3. The fraction of sp³-hybridized carbons (Fsp3) is 0.478. The van der Waals surface area contributed by atoms with Crippen LogP contribution < -0.4 is 10.1 Å². The van der Waals surface area contributed by atoms with E-state index in [1.807, 2.05) is 0 Å². The highest BCUT2D eigenvalue weighted by Gasteiger charge is 2.29. The Bertz CT molecular complexity index is 782. The highest BCUT2D eigenvalue weighted by atomic mass is 16.5. The average Bonchev–Trinajstić information content (AvgIpc) is 2.97. The number of nitrogens with zero attached hydrogens (tertiary/aromatic N) is 1. The zero-order valence-electron chi connectivity index (χ0n) is 16.5. The first-order valence-electron chi connectivity index (χ1n) is 9.97. The molecule has 0 unspecified atom stereocenters. The SMILES string of the molecule is CC1(C)Cc2cc(CNCc3ccccc3CN3CCOCC3)ccc2O1. The van der Waals surface area contributed by atoms with E-state index in [0.29, 0.717) is 0 Å². The zero-order valence-corrected chi connectivity index (χ0v) is 16.5. The minimum absolute atomic E-state index is 0.0766. The second kappa shape index (κ2) is 8.01. The van der Waals surface area contributed by atoms with E-state index in [2.05, 4.69) is 66.5 Å². The Kier molecular flexibility index (Phi) is 5.48. The van der Waals surface area contributed by atoms with E-state index >= 15 is 0 Å². The number of fused-ring (bicyclic) bond motifs is 1. The molecule has 2 aromatic carbocycles. The molecule has 0 amide bonds. The van der Waals surface area contributed by atoms with Gasteiger partial charge in [-0.05, 0) is 42.2 Å². The summed E-state index contributed by atoms with van der Waals surface area (Å²) in [6.07, 6.45) is 0.985. The molecule has 1 N–H and O–H groups in total. The molecule has 2 heterocycles. The van der Waals surface area contributed by atoms with Gasteiger partial charge in [0.25, 0.3) is 0 Å². The Balaban J connectivity index is 1.34. The van der Waals surface area contributed by atoms with Crippen molar-refractivity contribution in [3.63, 3.8) is 0 Å². The Morgan fingerprint density at radius 3 is 2.59 bits per heavy atom. The number of nitrogens with one attached hydrogen (secondary N) is 1. The van der Waals surface area contributed by atoms with Crippen LogP contribution in [0.25, 0.3) is 0 Å². The third kappa shape index (κ3) is 4.70. The van der Waals surface area contributed by atoms with Gasteiger partial charge >= 0.3 is 0 Å². The summed E-state index contributed by atoms with van der Waals surface area (Å²) in [7, 11) is 0. The Morgan fingerprint density at radius 1 is 1.00 bits per heavy atom. The lowest BCUT2D eigenvalue weighted by Gasteiger charge is -2.27. The molecule has 1 saturated heterocycles. The summed E-state index contributed by atoms with van der Waals surface area (Å²) in [6, 6.07) is 15.3. The molecule has 0 atom stereocenters. The second-order valence-electron chi connectivity index (χ2n) is 8.24. The number of rotatable bonds is 6. The maximum atomic E-state index is 5.98. The molecule has 0 bridgehead atoms. The monoisotopic (exact) mass is 366 g/mol. The number of morpholine rings is 1. The van der Waals surface area contributed by atoms with E-state index in [9.17, 15) is 0 Å². The maximum absolute atomic E-state index is 5.98. The molecule has 0 aromatic heterocycles. The van der Waals surface area contributed by atoms with Crippen LogP contribution in [-0.2, 0) is 30.8 Å². The summed E-state index contributed by atoms with van der Waals surface area (Å²) in [5, 5.41) is 3.62. The summed E-state index contributed by atoms with van der Waals surface area (Å²) in [4.78, 5) is 2.48. The molecule has 4 rings (SSSR count). The quantitative estimate of drug-likeness (QED) is 0.848. The van der Waals surface area contributed by atoms with Gasteiger partial charge in [0.1, 0.15) is 11.4 Å². The van der Waals surface area contributed by atoms with Gasteiger partial charge in [-0.25, -0.2) is 0 Å². The molecule has 1 fully saturated rings. The number of benzene rings is 2. The van der Waals surface area contributed by atoms with Crippen LogP contribution in [0, 0.1) is 0 Å². The molecule has 4 nitrogen and oxygen atoms in total. The largest absolute Gasteiger partial charge is 0.487 e. The van der Waals surface area contributed by atoms with Crippen molar-refractivity contribution in [3.05, 3.63) is 64.7 Å². The lowest BCUT2D eigenvalue weighted by Crippen LogP contribution is -2.36. The molecule has 2 aromatic rings. The lowest BCUT2D eigenvalue weighted by atomic mass is 10.00. The molecule has 0 spiro atoms. The van der Waals surface area contributed by atoms with Crippen molar-refractivity contribution in [3.8, 4) is 5.75 Å². The van der Waals surface area contributed by atoms with Crippen LogP contribution >= 0.6 is 0 Å². The van der Waals surface area contributed by atoms with E-state index in [-0.39, 0.29) is 5.60 Å². The minimum Gasteiger partial charge on any atom is -0.487 e. The van der Waals surface area contributed by atoms with Crippen molar-refractivity contribution < 1.29 is 9.47 Å². The van der Waals surface area contributed by atoms with Crippen molar-refractivity contribution in [2.75, 3.05) is 26.3 Å². The van der Waals surface area contributed by atoms with Crippen molar-refractivity contribution in [1.82, 2.24) is 10.2 Å². The first-order valence-corrected chi connectivity index (χ1v) is 9.97. The highest BCUT2D eigenvalue weighted by Crippen LogP contribution is 2.35. The molecule has 0 aliphatic carbocycles. The van der Waals surface area contributed by atoms with Crippen LogP contribution in [0.15, 0.2) is 42.5 Å². The van der Waals surface area contributed by atoms with Gasteiger partial charge in [-0.3, -0.25) is 4.90 Å². The molecular weight excluding hydrogens is 336 g/mol. The summed E-state index contributed by atoms with van der Waals surface area (Å²) >= 11 is 0. The number of ether oxygens (including phenoxy) is 2. The molecule has 27 heavy (non-hydrogen) atoms. The fourth-order valence-corrected chi connectivity index (χ4v) is 4.00. The zero-order chi connectivity index (χ0) is 18.7. The van der Waals surface area contributed by atoms with Crippen LogP contribution in [0.3, 0.4) is 0 Å². The minimum atomic E-state index is -0.0766. The summed E-state index contributed by atoms with van der Waals surface area (Å²) in [6.45, 7) is 10.8. The molecule has 0 radical (unpaired) electrons. The highest BCUT2D eigenvalue weighted by molar-refractivity contribution is 5.41. The van der Waals surface area contributed by atoms with E-state index in [1.165, 1.54) is 22.3 Å². The lowest BCUT2D eigenvalue weighted by molar-refractivity contribution is 0.0340. The Labute approximate surface area is 162 Å². The van der Waals surface area contributed by atoms with Gasteiger partial charge in [-0.1, -0.05) is 36.4 Å². The topological polar surface area (TPSA) is 33.7 Å². The molecule has 144 valence electrons. The average molecular weight is 367 g/mol. The van der Waals surface area contributed by atoms with Crippen molar-refractivity contribution in [1.29, 1.82) is 0 Å². The van der Waals surface area contributed by atoms with Crippen LogP contribution in [0.2, 0.25) is 0 Å². The van der Waals surface area contributed by atoms with Crippen molar-refractivity contribution in [2.45, 2.75) is 45.5 Å². The summed E-state index contributed by atoms with van der Waals surface area (Å²) < 4.78 is 11.4. The van der Waals surface area contributed by atoms with Crippen molar-refractivity contribution >= 4 is 0 Å². The van der Waals surface area contributed by atoms with Gasteiger partial charge in [0.2, 0.25) is 0 Å². The van der Waals surface area contributed by atoms with Gasteiger partial charge in [-0.15, -0.1) is 0 Å². The van der Waals surface area contributed by atoms with Gasteiger partial charge in [0.05, 0.1) is 13.2 Å². The smallest absolute Gasteiger partial charge is 0.123 e. The molecule has 0 saturated carbocycles. The molecule has 2 aliphatic rings. The normalized spacial score (nSPS) is 18.9. The summed E-state index contributed by atoms with van der Waals surface area (Å²) in [5.41, 5.74) is 5.37. The molecular formula is C23H30N2O2. The van der Waals surface area contributed by atoms with Gasteiger partial charge in [0, 0.05) is 39.1 Å². The van der Waals surface area contributed by atoms with Gasteiger partial charge in [0.15, 0.2) is 0 Å². The van der Waals surface area contributed by atoms with Crippen LogP contribution in [0.4, 0.5) is 0 Å². The first kappa shape index (κ1) is 18.5. The van der Waals surface area contributed by atoms with Crippen LogP contribution in [0.5, 0.6) is 5.75 Å². The van der Waals surface area contributed by atoms with Crippen LogP contribution in [0.1, 0.15) is 36.1 Å². The van der Waals surface area contributed by atoms with Crippen molar-refractivity contribution in [2.24, 2.45) is 0 Å². The second-order valence-corrected chi connectivity index (χ2v) is 8.24. The maximum Gasteiger partial charge on any atom is 0.123 e. The fourth-order valence-electron chi connectivity index (χ4n) is 4.00. The first-order chi connectivity index (χ1) is 13.1. The summed E-state index contributed by atoms with van der Waals surface area (Å²) in [5.74, 6) is 1.04. The predicted molar refractivity (Wildman–Crippen MR) is 108 cm³/mol. The molecule has 2 aliphatic heterocycles. The van der Waals surface area contributed by atoms with E-state index in [0.717, 1.165) is 58.1 Å². The van der Waals surface area contributed by atoms with Gasteiger partial charge in [-0.2, -0.15) is 0 Å². The third-order valence-electron chi connectivity index (χ3n) is 5.39. The Hall–Kier alpha value is -1.88. The predicted octanol–water partition coefficient (Wildman–Crippen LogP) is 3.52. The van der Waals surface area contributed by atoms with E-state index in [4.69, 9.17) is 9.47 Å². The third-order valence-corrected chi connectivity index (χ3v) is 5.39. The number of hydrogen-bond acceptors (Lipinski definition) is 4. The number of hydrogen-bond donors (Lipinski definition) is 1. The van der Waals surface area contributed by atoms with E-state index < -0.39 is 0 Å².